The third kappa shape index (κ3) is 5.68. The Hall–Kier alpha value is -3.32. The SMILES string of the molecule is C=CCc1ccc(OCC(=O)N(CCC)Cc2nc3cc(Cl)ccc3c(=O)[nH]2)c(OC)c1. The highest BCUT2D eigenvalue weighted by molar-refractivity contribution is 6.31. The molecular weight excluding hydrogens is 430 g/mol. The number of aromatic amines is 1. The van der Waals surface area contributed by atoms with Crippen LogP contribution < -0.4 is 15.0 Å². The maximum absolute atomic E-state index is 12.9. The van der Waals surface area contributed by atoms with Crippen LogP contribution in [0.5, 0.6) is 11.5 Å². The van der Waals surface area contributed by atoms with Crippen molar-refractivity contribution in [2.75, 3.05) is 20.3 Å². The van der Waals surface area contributed by atoms with E-state index in [1.165, 1.54) is 0 Å². The van der Waals surface area contributed by atoms with Crippen LogP contribution in [0.3, 0.4) is 0 Å². The van der Waals surface area contributed by atoms with Crippen LogP contribution >= 0.6 is 11.6 Å². The summed E-state index contributed by atoms with van der Waals surface area (Å²) in [6, 6.07) is 10.4. The number of carbonyl (C=O) groups excluding carboxylic acids is 1. The molecule has 0 saturated heterocycles. The fraction of sp³-hybridized carbons (Fsp3) is 0.292. The molecule has 1 amide bonds. The number of benzene rings is 2. The predicted octanol–water partition coefficient (Wildman–Crippen LogP) is 4.13. The van der Waals surface area contributed by atoms with Gasteiger partial charge in [0.05, 0.1) is 24.6 Å². The summed E-state index contributed by atoms with van der Waals surface area (Å²) >= 11 is 6.03. The monoisotopic (exact) mass is 455 g/mol. The molecule has 8 heteroatoms. The Morgan fingerprint density at radius 3 is 2.78 bits per heavy atom. The van der Waals surface area contributed by atoms with Crippen molar-refractivity contribution >= 4 is 28.4 Å². The molecule has 168 valence electrons. The number of methoxy groups -OCH3 is 1. The number of rotatable bonds is 10. The fourth-order valence-electron chi connectivity index (χ4n) is 3.33. The molecule has 2 aromatic carbocycles. The number of allylic oxidation sites excluding steroid dienone is 1. The van der Waals surface area contributed by atoms with E-state index in [1.54, 1.807) is 42.4 Å². The van der Waals surface area contributed by atoms with E-state index in [9.17, 15) is 9.59 Å². The average Bonchev–Trinajstić information content (AvgIpc) is 2.77. The largest absolute Gasteiger partial charge is 0.493 e. The molecule has 7 nitrogen and oxygen atoms in total. The van der Waals surface area contributed by atoms with E-state index >= 15 is 0 Å². The number of fused-ring (bicyclic) bond motifs is 1. The predicted molar refractivity (Wildman–Crippen MR) is 125 cm³/mol. The van der Waals surface area contributed by atoms with Gasteiger partial charge in [0.1, 0.15) is 5.82 Å². The van der Waals surface area contributed by atoms with Crippen LogP contribution in [0.2, 0.25) is 5.02 Å². The number of halogens is 1. The number of nitrogens with zero attached hydrogens (tertiary/aromatic N) is 2. The van der Waals surface area contributed by atoms with Crippen LogP contribution in [0.15, 0.2) is 53.8 Å². The van der Waals surface area contributed by atoms with Crippen LogP contribution in [-0.4, -0.2) is 41.0 Å². The quantitative estimate of drug-likeness (QED) is 0.464. The first-order valence-electron chi connectivity index (χ1n) is 10.3. The molecule has 0 spiro atoms. The lowest BCUT2D eigenvalue weighted by Crippen LogP contribution is -2.36. The number of hydrogen-bond donors (Lipinski definition) is 1. The first-order valence-corrected chi connectivity index (χ1v) is 10.7. The van der Waals surface area contributed by atoms with E-state index in [2.05, 4.69) is 16.5 Å². The first-order chi connectivity index (χ1) is 15.4. The molecule has 1 heterocycles. The molecule has 0 bridgehead atoms. The number of H-pyrrole nitrogens is 1. The van der Waals surface area contributed by atoms with E-state index in [4.69, 9.17) is 21.1 Å². The third-order valence-corrected chi connectivity index (χ3v) is 5.10. The van der Waals surface area contributed by atoms with Gasteiger partial charge in [-0.15, -0.1) is 6.58 Å². The molecule has 3 rings (SSSR count). The topological polar surface area (TPSA) is 84.5 Å². The lowest BCUT2D eigenvalue weighted by atomic mass is 10.1. The van der Waals surface area contributed by atoms with Gasteiger partial charge in [-0.1, -0.05) is 30.7 Å². The molecule has 0 aliphatic heterocycles. The van der Waals surface area contributed by atoms with Gasteiger partial charge >= 0.3 is 0 Å². The number of nitrogens with one attached hydrogen (secondary N) is 1. The molecule has 3 aromatic rings. The van der Waals surface area contributed by atoms with Crippen molar-refractivity contribution in [3.8, 4) is 11.5 Å². The highest BCUT2D eigenvalue weighted by Crippen LogP contribution is 2.28. The van der Waals surface area contributed by atoms with Gasteiger partial charge in [-0.3, -0.25) is 9.59 Å². The van der Waals surface area contributed by atoms with Crippen LogP contribution in [0.1, 0.15) is 24.7 Å². The van der Waals surface area contributed by atoms with Crippen LogP contribution in [0.25, 0.3) is 10.9 Å². The zero-order valence-electron chi connectivity index (χ0n) is 18.2. The average molecular weight is 456 g/mol. The molecular formula is C24H26ClN3O4. The zero-order valence-corrected chi connectivity index (χ0v) is 18.9. The Kier molecular flexibility index (Phi) is 7.89. The lowest BCUT2D eigenvalue weighted by molar-refractivity contribution is -0.134. The summed E-state index contributed by atoms with van der Waals surface area (Å²) in [5, 5.41) is 0.936. The maximum Gasteiger partial charge on any atom is 0.260 e. The Bertz CT molecular complexity index is 1180. The normalized spacial score (nSPS) is 10.7. The summed E-state index contributed by atoms with van der Waals surface area (Å²) in [7, 11) is 1.55. The molecule has 0 unspecified atom stereocenters. The molecule has 0 atom stereocenters. The van der Waals surface area contributed by atoms with Crippen molar-refractivity contribution in [1.29, 1.82) is 0 Å². The number of aromatic nitrogens is 2. The van der Waals surface area contributed by atoms with E-state index in [-0.39, 0.29) is 24.6 Å². The van der Waals surface area contributed by atoms with Crippen molar-refractivity contribution in [2.45, 2.75) is 26.3 Å². The van der Waals surface area contributed by atoms with Gasteiger partial charge in [-0.05, 0) is 48.7 Å². The first kappa shape index (κ1) is 23.3. The van der Waals surface area contributed by atoms with Crippen molar-refractivity contribution in [3.05, 3.63) is 75.8 Å². The van der Waals surface area contributed by atoms with E-state index in [0.29, 0.717) is 46.2 Å². The Labute approximate surface area is 191 Å². The number of hydrogen-bond acceptors (Lipinski definition) is 5. The van der Waals surface area contributed by atoms with Gasteiger partial charge in [-0.25, -0.2) is 4.98 Å². The van der Waals surface area contributed by atoms with E-state index in [1.807, 2.05) is 19.1 Å². The van der Waals surface area contributed by atoms with Gasteiger partial charge < -0.3 is 19.4 Å². The third-order valence-electron chi connectivity index (χ3n) is 4.86. The molecule has 0 fully saturated rings. The standard InChI is InChI=1S/C24H26ClN3O4/c1-4-6-16-7-10-20(21(12-16)31-3)32-15-23(29)28(11-5-2)14-22-26-19-13-17(25)8-9-18(19)24(30)27-22/h4,7-10,12-13H,1,5-6,11,14-15H2,2-3H3,(H,26,27,30). The number of carbonyl (C=O) groups is 1. The molecule has 32 heavy (non-hydrogen) atoms. The molecule has 0 saturated carbocycles. The van der Waals surface area contributed by atoms with Crippen LogP contribution in [0, 0.1) is 0 Å². The van der Waals surface area contributed by atoms with Gasteiger partial charge in [0.2, 0.25) is 0 Å². The van der Waals surface area contributed by atoms with E-state index in [0.717, 1.165) is 12.0 Å². The second-order valence-corrected chi connectivity index (χ2v) is 7.69. The van der Waals surface area contributed by atoms with Crippen LogP contribution in [-0.2, 0) is 17.8 Å². The van der Waals surface area contributed by atoms with Crippen molar-refractivity contribution in [2.24, 2.45) is 0 Å². The second-order valence-electron chi connectivity index (χ2n) is 7.26. The Morgan fingerprint density at radius 2 is 2.06 bits per heavy atom. The minimum Gasteiger partial charge on any atom is -0.493 e. The summed E-state index contributed by atoms with van der Waals surface area (Å²) in [6.45, 7) is 6.19. The van der Waals surface area contributed by atoms with Crippen molar-refractivity contribution < 1.29 is 14.3 Å². The lowest BCUT2D eigenvalue weighted by Gasteiger charge is -2.22. The summed E-state index contributed by atoms with van der Waals surface area (Å²) in [6.07, 6.45) is 3.26. The summed E-state index contributed by atoms with van der Waals surface area (Å²) in [4.78, 5) is 34.1. The fourth-order valence-corrected chi connectivity index (χ4v) is 3.50. The van der Waals surface area contributed by atoms with Gasteiger partial charge in [-0.2, -0.15) is 0 Å². The van der Waals surface area contributed by atoms with Crippen LogP contribution in [0.4, 0.5) is 0 Å². The number of amides is 1. The van der Waals surface area contributed by atoms with Gasteiger partial charge in [0, 0.05) is 11.6 Å². The second kappa shape index (κ2) is 10.8. The highest BCUT2D eigenvalue weighted by Gasteiger charge is 2.17. The molecule has 1 N–H and O–H groups in total. The smallest absolute Gasteiger partial charge is 0.260 e. The maximum atomic E-state index is 12.9. The summed E-state index contributed by atoms with van der Waals surface area (Å²) in [5.41, 5.74) is 1.25. The molecule has 1 aromatic heterocycles. The minimum atomic E-state index is -0.272. The highest BCUT2D eigenvalue weighted by atomic mass is 35.5. The number of ether oxygens (including phenoxy) is 2. The Balaban J connectivity index is 1.74. The van der Waals surface area contributed by atoms with Gasteiger partial charge in [0.25, 0.3) is 11.5 Å². The summed E-state index contributed by atoms with van der Waals surface area (Å²) in [5.74, 6) is 1.20. The van der Waals surface area contributed by atoms with E-state index < -0.39 is 0 Å². The molecule has 0 radical (unpaired) electrons. The zero-order chi connectivity index (χ0) is 23.1. The van der Waals surface area contributed by atoms with Crippen molar-refractivity contribution in [3.63, 3.8) is 0 Å². The Morgan fingerprint density at radius 1 is 1.25 bits per heavy atom. The van der Waals surface area contributed by atoms with Gasteiger partial charge in [0.15, 0.2) is 18.1 Å². The van der Waals surface area contributed by atoms with Crippen molar-refractivity contribution in [1.82, 2.24) is 14.9 Å². The summed E-state index contributed by atoms with van der Waals surface area (Å²) < 4.78 is 11.1. The molecule has 0 aliphatic rings. The molecule has 0 aliphatic carbocycles. The minimum absolute atomic E-state index is 0.156.